The number of nitro benzene ring substituents is 1. The molecule has 0 unspecified atom stereocenters. The Bertz CT molecular complexity index is 1410. The van der Waals surface area contributed by atoms with Gasteiger partial charge in [-0.2, -0.15) is 4.31 Å². The Morgan fingerprint density at radius 3 is 2.20 bits per heavy atom. The van der Waals surface area contributed by atoms with Gasteiger partial charge in [0.25, 0.3) is 5.69 Å². The maximum atomic E-state index is 13.5. The van der Waals surface area contributed by atoms with Gasteiger partial charge >= 0.3 is 5.97 Å². The zero-order chi connectivity index (χ0) is 29.8. The van der Waals surface area contributed by atoms with Gasteiger partial charge in [-0.25, -0.2) is 13.2 Å². The number of carbonyl (C=O) groups excluding carboxylic acids is 4. The van der Waals surface area contributed by atoms with E-state index in [4.69, 9.17) is 0 Å². The molecule has 0 radical (unpaired) electrons. The van der Waals surface area contributed by atoms with Crippen LogP contribution in [0.5, 0.6) is 0 Å². The van der Waals surface area contributed by atoms with Crippen molar-refractivity contribution in [2.75, 3.05) is 39.2 Å². The lowest BCUT2D eigenvalue weighted by Gasteiger charge is -2.28. The van der Waals surface area contributed by atoms with E-state index in [-0.39, 0.29) is 35.2 Å². The van der Waals surface area contributed by atoms with Gasteiger partial charge in [0.2, 0.25) is 21.8 Å². The highest BCUT2D eigenvalue weighted by Crippen LogP contribution is 2.34. The number of benzene rings is 2. The van der Waals surface area contributed by atoms with Gasteiger partial charge < -0.3 is 14.5 Å². The number of rotatable bonds is 9. The summed E-state index contributed by atoms with van der Waals surface area (Å²) in [6.45, 7) is 0.835. The molecule has 3 rings (SSSR count). The molecule has 0 N–H and O–H groups in total. The zero-order valence-electron chi connectivity index (χ0n) is 22.2. The molecule has 15 heteroatoms. The van der Waals surface area contributed by atoms with Gasteiger partial charge in [-0.05, 0) is 42.8 Å². The van der Waals surface area contributed by atoms with E-state index in [1.165, 1.54) is 45.2 Å². The summed E-state index contributed by atoms with van der Waals surface area (Å²) in [7, 11) is -0.155. The van der Waals surface area contributed by atoms with Crippen LogP contribution in [-0.4, -0.2) is 91.0 Å². The van der Waals surface area contributed by atoms with E-state index >= 15 is 0 Å². The summed E-state index contributed by atoms with van der Waals surface area (Å²) >= 11 is 0.924. The van der Waals surface area contributed by atoms with Crippen molar-refractivity contribution >= 4 is 56.1 Å². The number of esters is 1. The second kappa shape index (κ2) is 12.6. The average Bonchev–Trinajstić information content (AvgIpc) is 3.35. The number of nitrogens with zero attached hydrogens (tertiary/aromatic N) is 4. The third-order valence-electron chi connectivity index (χ3n) is 6.29. The molecule has 2 amide bonds. The maximum Gasteiger partial charge on any atom is 0.337 e. The predicted molar refractivity (Wildman–Crippen MR) is 146 cm³/mol. The highest BCUT2D eigenvalue weighted by molar-refractivity contribution is 8.14. The molecule has 1 aliphatic heterocycles. The van der Waals surface area contributed by atoms with Crippen LogP contribution in [0.2, 0.25) is 0 Å². The first-order chi connectivity index (χ1) is 18.8. The van der Waals surface area contributed by atoms with Crippen LogP contribution in [-0.2, 0) is 29.1 Å². The molecule has 2 aromatic carbocycles. The van der Waals surface area contributed by atoms with Crippen molar-refractivity contribution in [3.8, 4) is 0 Å². The molecule has 0 aromatic heterocycles. The first-order valence-electron chi connectivity index (χ1n) is 11.9. The van der Waals surface area contributed by atoms with E-state index in [9.17, 15) is 37.7 Å². The summed E-state index contributed by atoms with van der Waals surface area (Å²) in [4.78, 5) is 62.3. The van der Waals surface area contributed by atoms with Crippen LogP contribution in [0.4, 0.5) is 11.4 Å². The number of likely N-dealkylation sites (N-methyl/N-ethyl adjacent to an activating group) is 2. The van der Waals surface area contributed by atoms with Gasteiger partial charge in [0, 0.05) is 50.6 Å². The van der Waals surface area contributed by atoms with Crippen LogP contribution >= 0.6 is 11.8 Å². The van der Waals surface area contributed by atoms with Crippen molar-refractivity contribution in [3.63, 3.8) is 0 Å². The largest absolute Gasteiger partial charge is 0.465 e. The molecule has 1 saturated heterocycles. The van der Waals surface area contributed by atoms with Gasteiger partial charge in [0.1, 0.15) is 6.04 Å². The second-order valence-electron chi connectivity index (χ2n) is 8.99. The fourth-order valence-corrected chi connectivity index (χ4v) is 6.89. The number of hydrogen-bond acceptors (Lipinski definition) is 10. The Kier molecular flexibility index (Phi) is 9.65. The predicted octanol–water partition coefficient (Wildman–Crippen LogP) is 1.91. The Morgan fingerprint density at radius 1 is 1.07 bits per heavy atom. The van der Waals surface area contributed by atoms with Crippen LogP contribution in [0, 0.1) is 10.1 Å². The van der Waals surface area contributed by atoms with E-state index in [0.717, 1.165) is 45.2 Å². The minimum absolute atomic E-state index is 0.0403. The second-order valence-corrected chi connectivity index (χ2v) is 12.4. The lowest BCUT2D eigenvalue weighted by Crippen LogP contribution is -2.49. The van der Waals surface area contributed by atoms with Gasteiger partial charge in [-0.1, -0.05) is 11.8 Å². The normalized spacial score (nSPS) is 17.2. The molecular formula is C25H28N4O9S2. The lowest BCUT2D eigenvalue weighted by atomic mass is 10.2. The fourth-order valence-electron chi connectivity index (χ4n) is 4.18. The van der Waals surface area contributed by atoms with E-state index in [2.05, 4.69) is 4.74 Å². The molecule has 0 bridgehead atoms. The maximum absolute atomic E-state index is 13.5. The minimum Gasteiger partial charge on any atom is -0.465 e. The molecule has 0 saturated carbocycles. The van der Waals surface area contributed by atoms with Crippen molar-refractivity contribution in [1.82, 2.24) is 9.21 Å². The van der Waals surface area contributed by atoms with Crippen LogP contribution < -0.4 is 4.90 Å². The van der Waals surface area contributed by atoms with Crippen LogP contribution in [0.3, 0.4) is 0 Å². The Balaban J connectivity index is 1.79. The number of amides is 2. The fraction of sp³-hybridized carbons (Fsp3) is 0.360. The average molecular weight is 593 g/mol. The van der Waals surface area contributed by atoms with Crippen LogP contribution in [0.1, 0.15) is 23.7 Å². The smallest absolute Gasteiger partial charge is 0.337 e. The highest BCUT2D eigenvalue weighted by atomic mass is 32.2. The van der Waals surface area contributed by atoms with Gasteiger partial charge in [-0.15, -0.1) is 0 Å². The number of sulfonamides is 1. The van der Waals surface area contributed by atoms with Crippen LogP contribution in [0.15, 0.2) is 53.4 Å². The van der Waals surface area contributed by atoms with Crippen LogP contribution in [0.25, 0.3) is 0 Å². The number of carbonyl (C=O) groups is 4. The molecule has 1 fully saturated rings. The van der Waals surface area contributed by atoms with E-state index in [0.29, 0.717) is 11.3 Å². The summed E-state index contributed by atoms with van der Waals surface area (Å²) in [5.74, 6) is -1.64. The minimum atomic E-state index is -4.27. The molecule has 13 nitrogen and oxygen atoms in total. The molecule has 1 aliphatic rings. The molecule has 214 valence electrons. The van der Waals surface area contributed by atoms with Crippen molar-refractivity contribution in [2.24, 2.45) is 0 Å². The molecule has 40 heavy (non-hydrogen) atoms. The molecule has 2 aromatic rings. The van der Waals surface area contributed by atoms with E-state index in [1.54, 1.807) is 12.1 Å². The number of hydrogen-bond donors (Lipinski definition) is 0. The van der Waals surface area contributed by atoms with Crippen molar-refractivity contribution < 1.29 is 37.3 Å². The molecule has 1 heterocycles. The summed E-state index contributed by atoms with van der Waals surface area (Å²) in [6.07, 6.45) is 0.0403. The first-order valence-corrected chi connectivity index (χ1v) is 14.2. The Morgan fingerprint density at radius 2 is 1.68 bits per heavy atom. The summed E-state index contributed by atoms with van der Waals surface area (Å²) in [5, 5.41) is 10.2. The third-order valence-corrected chi connectivity index (χ3v) is 9.18. The highest BCUT2D eigenvalue weighted by Gasteiger charge is 2.45. The quantitative estimate of drug-likeness (QED) is 0.239. The number of thioether (sulfide) groups is 1. The first kappa shape index (κ1) is 30.7. The number of anilines is 1. The summed E-state index contributed by atoms with van der Waals surface area (Å²) < 4.78 is 32.6. The lowest BCUT2D eigenvalue weighted by molar-refractivity contribution is -0.384. The van der Waals surface area contributed by atoms with Crippen molar-refractivity contribution in [2.45, 2.75) is 29.5 Å². The topological polar surface area (TPSA) is 165 Å². The molecular weight excluding hydrogens is 564 g/mol. The molecule has 2 atom stereocenters. The van der Waals surface area contributed by atoms with E-state index in [1.807, 2.05) is 0 Å². The number of non-ortho nitro benzene ring substituents is 1. The third kappa shape index (κ3) is 6.84. The summed E-state index contributed by atoms with van der Waals surface area (Å²) in [5.41, 5.74) is 0.466. The van der Waals surface area contributed by atoms with Gasteiger partial charge in [0.05, 0.1) is 29.0 Å². The SMILES string of the molecule is COC(=O)c1ccc(N(C)C(=O)CN(C)C(=O)[C@@H]2C[C@@H](SC(C)=O)CN2S(=O)(=O)c2ccc([N+](=O)[O-])cc2)cc1. The number of methoxy groups -OCH3 is 1. The standard InChI is InChI=1S/C25H28N4O9S2/c1-16(30)39-20-13-22(28(14-20)40(36,37)21-11-9-19(10-12-21)29(34)35)24(32)26(2)15-23(31)27(3)18-7-5-17(6-8-18)25(33)38-4/h5-12,20,22H,13-15H2,1-4H3/t20-,22+/m1/s1. The van der Waals surface area contributed by atoms with Crippen molar-refractivity contribution in [3.05, 3.63) is 64.2 Å². The Labute approximate surface area is 235 Å². The number of nitro groups is 1. The number of ether oxygens (including phenoxy) is 1. The van der Waals surface area contributed by atoms with Gasteiger partial charge in [0.15, 0.2) is 5.12 Å². The molecule has 0 aliphatic carbocycles. The zero-order valence-corrected chi connectivity index (χ0v) is 23.8. The molecule has 0 spiro atoms. The Hall–Kier alpha value is -3.82. The van der Waals surface area contributed by atoms with E-state index < -0.39 is 44.0 Å². The van der Waals surface area contributed by atoms with Gasteiger partial charge in [-0.3, -0.25) is 24.5 Å². The summed E-state index contributed by atoms with van der Waals surface area (Å²) in [6, 6.07) is 9.18. The van der Waals surface area contributed by atoms with Crippen molar-refractivity contribution in [1.29, 1.82) is 0 Å². The monoisotopic (exact) mass is 592 g/mol.